The van der Waals surface area contributed by atoms with Crippen LogP contribution in [-0.2, 0) is 14.2 Å². The second kappa shape index (κ2) is 3.64. The Morgan fingerprint density at radius 3 is 2.60 bits per heavy atom. The molecule has 0 spiro atoms. The van der Waals surface area contributed by atoms with Gasteiger partial charge in [-0.1, -0.05) is 0 Å². The van der Waals surface area contributed by atoms with E-state index in [0.29, 0.717) is 0 Å². The number of hydrogen-bond acceptors (Lipinski definition) is 5. The standard InChI is InChI=1S/C9H15FO5/c1-9(2)14-7-5(12)6(4(11)3-10)13-8(7)15-9/h4-8,11-12H,3H2,1-2H3/t4-,5+,6+,7-,8+/m0/s1. The van der Waals surface area contributed by atoms with E-state index in [4.69, 9.17) is 14.2 Å². The van der Waals surface area contributed by atoms with Crippen LogP contribution in [0, 0.1) is 0 Å². The molecule has 2 heterocycles. The smallest absolute Gasteiger partial charge is 0.190 e. The molecular weight excluding hydrogens is 207 g/mol. The Bertz CT molecular complexity index is 247. The van der Waals surface area contributed by atoms with Gasteiger partial charge in [0.1, 0.15) is 31.1 Å². The third-order valence-corrected chi connectivity index (χ3v) is 2.59. The van der Waals surface area contributed by atoms with E-state index in [2.05, 4.69) is 0 Å². The minimum atomic E-state index is -1.35. The number of rotatable bonds is 2. The van der Waals surface area contributed by atoms with Crippen LogP contribution in [-0.4, -0.2) is 53.4 Å². The minimum absolute atomic E-state index is 0.661. The van der Waals surface area contributed by atoms with Gasteiger partial charge in [-0.3, -0.25) is 0 Å². The zero-order valence-electron chi connectivity index (χ0n) is 8.59. The molecule has 0 unspecified atom stereocenters. The second-order valence-corrected chi connectivity index (χ2v) is 4.28. The Hall–Kier alpha value is -0.270. The van der Waals surface area contributed by atoms with Gasteiger partial charge in [0.25, 0.3) is 0 Å². The van der Waals surface area contributed by atoms with Crippen LogP contribution < -0.4 is 0 Å². The van der Waals surface area contributed by atoms with E-state index < -0.39 is 43.2 Å². The van der Waals surface area contributed by atoms with Crippen molar-refractivity contribution in [2.45, 2.75) is 50.3 Å². The summed E-state index contributed by atoms with van der Waals surface area (Å²) >= 11 is 0. The molecule has 6 heteroatoms. The Kier molecular flexibility index (Phi) is 2.72. The van der Waals surface area contributed by atoms with E-state index >= 15 is 0 Å². The topological polar surface area (TPSA) is 68.2 Å². The molecule has 0 radical (unpaired) electrons. The summed E-state index contributed by atoms with van der Waals surface area (Å²) in [6.45, 7) is 2.43. The van der Waals surface area contributed by atoms with E-state index in [0.717, 1.165) is 0 Å². The van der Waals surface area contributed by atoms with Gasteiger partial charge in [-0.2, -0.15) is 0 Å². The minimum Gasteiger partial charge on any atom is -0.388 e. The molecule has 0 aromatic heterocycles. The van der Waals surface area contributed by atoms with Gasteiger partial charge < -0.3 is 24.4 Å². The van der Waals surface area contributed by atoms with Crippen LogP contribution in [0.15, 0.2) is 0 Å². The SMILES string of the molecule is CC1(C)O[C@H]2O[C@H]([C@@H](O)CF)[C@@H](O)[C@@H]2O1. The third kappa shape index (κ3) is 1.88. The van der Waals surface area contributed by atoms with Crippen molar-refractivity contribution in [3.05, 3.63) is 0 Å². The molecule has 2 fully saturated rings. The van der Waals surface area contributed by atoms with Crippen molar-refractivity contribution in [1.82, 2.24) is 0 Å². The summed E-state index contributed by atoms with van der Waals surface area (Å²) in [6, 6.07) is 0. The molecule has 0 saturated carbocycles. The Morgan fingerprint density at radius 1 is 1.40 bits per heavy atom. The summed E-state index contributed by atoms with van der Waals surface area (Å²) in [5.74, 6) is -0.818. The number of fused-ring (bicyclic) bond motifs is 1. The highest BCUT2D eigenvalue weighted by atomic mass is 19.1. The number of aliphatic hydroxyl groups excluding tert-OH is 2. The molecule has 5 atom stereocenters. The molecule has 88 valence electrons. The van der Waals surface area contributed by atoms with E-state index in [9.17, 15) is 14.6 Å². The zero-order valence-corrected chi connectivity index (χ0v) is 8.59. The lowest BCUT2D eigenvalue weighted by Crippen LogP contribution is -2.41. The molecule has 15 heavy (non-hydrogen) atoms. The van der Waals surface area contributed by atoms with Crippen molar-refractivity contribution in [3.63, 3.8) is 0 Å². The molecule has 0 amide bonds. The van der Waals surface area contributed by atoms with Crippen LogP contribution in [0.4, 0.5) is 4.39 Å². The fourth-order valence-electron chi connectivity index (χ4n) is 1.92. The molecule has 2 aliphatic heterocycles. The van der Waals surface area contributed by atoms with Crippen LogP contribution in [0.1, 0.15) is 13.8 Å². The number of alkyl halides is 1. The van der Waals surface area contributed by atoms with Crippen LogP contribution in [0.5, 0.6) is 0 Å². The average molecular weight is 222 g/mol. The van der Waals surface area contributed by atoms with Gasteiger partial charge in [0.15, 0.2) is 12.1 Å². The van der Waals surface area contributed by atoms with Crippen molar-refractivity contribution in [1.29, 1.82) is 0 Å². The van der Waals surface area contributed by atoms with Crippen molar-refractivity contribution in [2.75, 3.05) is 6.67 Å². The average Bonchev–Trinajstić information content (AvgIpc) is 2.60. The molecule has 2 saturated heterocycles. The van der Waals surface area contributed by atoms with Crippen LogP contribution in [0.25, 0.3) is 0 Å². The molecule has 0 aromatic carbocycles. The normalized spacial score (nSPS) is 45.4. The van der Waals surface area contributed by atoms with Gasteiger partial charge in [-0.05, 0) is 13.8 Å². The van der Waals surface area contributed by atoms with Gasteiger partial charge in [-0.15, -0.1) is 0 Å². The number of ether oxygens (including phenoxy) is 3. The first-order chi connectivity index (χ1) is 6.94. The first-order valence-electron chi connectivity index (χ1n) is 4.88. The van der Waals surface area contributed by atoms with Crippen LogP contribution in [0.2, 0.25) is 0 Å². The summed E-state index contributed by atoms with van der Waals surface area (Å²) in [6.07, 6.45) is -4.79. The van der Waals surface area contributed by atoms with Crippen molar-refractivity contribution in [2.24, 2.45) is 0 Å². The van der Waals surface area contributed by atoms with Crippen LogP contribution >= 0.6 is 0 Å². The summed E-state index contributed by atoms with van der Waals surface area (Å²) in [4.78, 5) is 0. The van der Waals surface area contributed by atoms with E-state index in [1.165, 1.54) is 0 Å². The lowest BCUT2D eigenvalue weighted by atomic mass is 10.1. The highest BCUT2D eigenvalue weighted by molar-refractivity contribution is 4.95. The first kappa shape index (κ1) is 11.2. The highest BCUT2D eigenvalue weighted by Gasteiger charge is 2.55. The zero-order chi connectivity index (χ0) is 11.2. The highest BCUT2D eigenvalue weighted by Crippen LogP contribution is 2.38. The van der Waals surface area contributed by atoms with Gasteiger partial charge >= 0.3 is 0 Å². The van der Waals surface area contributed by atoms with Crippen molar-refractivity contribution >= 4 is 0 Å². The second-order valence-electron chi connectivity index (χ2n) is 4.28. The molecule has 5 nitrogen and oxygen atoms in total. The number of halogens is 1. The largest absolute Gasteiger partial charge is 0.388 e. The molecule has 0 aliphatic carbocycles. The predicted molar refractivity (Wildman–Crippen MR) is 46.7 cm³/mol. The quantitative estimate of drug-likeness (QED) is 0.662. The Morgan fingerprint density at radius 2 is 2.07 bits per heavy atom. The number of hydrogen-bond donors (Lipinski definition) is 2. The fourth-order valence-corrected chi connectivity index (χ4v) is 1.92. The van der Waals surface area contributed by atoms with Gasteiger partial charge in [0.2, 0.25) is 0 Å². The van der Waals surface area contributed by atoms with Gasteiger partial charge in [0.05, 0.1) is 0 Å². The van der Waals surface area contributed by atoms with Gasteiger partial charge in [-0.25, -0.2) is 4.39 Å². The van der Waals surface area contributed by atoms with E-state index in [1.54, 1.807) is 13.8 Å². The molecule has 2 aliphatic rings. The van der Waals surface area contributed by atoms with Gasteiger partial charge in [0, 0.05) is 0 Å². The van der Waals surface area contributed by atoms with E-state index in [1.807, 2.05) is 0 Å². The lowest BCUT2D eigenvalue weighted by molar-refractivity contribution is -0.226. The maximum absolute atomic E-state index is 12.2. The third-order valence-electron chi connectivity index (χ3n) is 2.59. The number of aliphatic hydroxyl groups is 2. The lowest BCUT2D eigenvalue weighted by Gasteiger charge is -2.24. The predicted octanol–water partition coefficient (Wildman–Crippen LogP) is -0.446. The molecule has 0 bridgehead atoms. The summed E-state index contributed by atoms with van der Waals surface area (Å²) in [7, 11) is 0. The van der Waals surface area contributed by atoms with Crippen LogP contribution in [0.3, 0.4) is 0 Å². The molecule has 2 rings (SSSR count). The summed E-state index contributed by atoms with van der Waals surface area (Å²) in [5.41, 5.74) is 0. The van der Waals surface area contributed by atoms with Crippen molar-refractivity contribution < 1.29 is 28.8 Å². The maximum atomic E-state index is 12.2. The molecular formula is C9H15FO5. The van der Waals surface area contributed by atoms with Crippen molar-refractivity contribution in [3.8, 4) is 0 Å². The summed E-state index contributed by atoms with van der Waals surface area (Å²) < 4.78 is 28.1. The van der Waals surface area contributed by atoms with E-state index in [-0.39, 0.29) is 0 Å². The monoisotopic (exact) mass is 222 g/mol. The molecule has 0 aromatic rings. The fraction of sp³-hybridized carbons (Fsp3) is 1.00. The maximum Gasteiger partial charge on any atom is 0.190 e. The Balaban J connectivity index is 2.05. The Labute approximate surface area is 86.7 Å². The summed E-state index contributed by atoms with van der Waals surface area (Å²) in [5, 5.41) is 19.0. The molecule has 2 N–H and O–H groups in total. The first-order valence-corrected chi connectivity index (χ1v) is 4.88.